The Hall–Kier alpha value is 0.390. The van der Waals surface area contributed by atoms with Gasteiger partial charge in [0.1, 0.15) is 0 Å². The second-order valence-corrected chi connectivity index (χ2v) is 5.21. The van der Waals surface area contributed by atoms with Crippen LogP contribution in [0.25, 0.3) is 10.1 Å². The fraction of sp³-hybridized carbons (Fsp3) is 0. The summed E-state index contributed by atoms with van der Waals surface area (Å²) in [5.41, 5.74) is 0. The van der Waals surface area contributed by atoms with Gasteiger partial charge >= 0.3 is 0 Å². The van der Waals surface area contributed by atoms with Crippen LogP contribution in [0.2, 0.25) is 0 Å². The molecular formula is C8H4BrIS. The Morgan fingerprint density at radius 2 is 2.18 bits per heavy atom. The molecule has 1 heterocycles. The fourth-order valence-electron chi connectivity index (χ4n) is 0.970. The molecule has 0 aliphatic heterocycles. The molecule has 0 N–H and O–H groups in total. The first kappa shape index (κ1) is 8.01. The molecule has 0 saturated carbocycles. The lowest BCUT2D eigenvalue weighted by molar-refractivity contribution is 1.76. The van der Waals surface area contributed by atoms with Crippen molar-refractivity contribution in [1.82, 2.24) is 0 Å². The van der Waals surface area contributed by atoms with Crippen molar-refractivity contribution in [3.8, 4) is 0 Å². The molecule has 1 aromatic carbocycles. The summed E-state index contributed by atoms with van der Waals surface area (Å²) in [6.45, 7) is 0. The first-order valence-corrected chi connectivity index (χ1v) is 5.85. The van der Waals surface area contributed by atoms with Crippen LogP contribution in [0.5, 0.6) is 0 Å². The number of rotatable bonds is 0. The van der Waals surface area contributed by atoms with Crippen molar-refractivity contribution in [2.24, 2.45) is 0 Å². The van der Waals surface area contributed by atoms with Crippen molar-refractivity contribution in [2.75, 3.05) is 0 Å². The normalized spacial score (nSPS) is 10.7. The molecular weight excluding hydrogens is 335 g/mol. The third-order valence-electron chi connectivity index (χ3n) is 1.49. The summed E-state index contributed by atoms with van der Waals surface area (Å²) < 4.78 is 3.85. The van der Waals surface area contributed by atoms with Crippen LogP contribution < -0.4 is 0 Å². The zero-order chi connectivity index (χ0) is 7.84. The Balaban J connectivity index is 2.86. The Bertz CT molecular complexity index is 394. The van der Waals surface area contributed by atoms with E-state index in [9.17, 15) is 0 Å². The van der Waals surface area contributed by atoms with Crippen LogP contribution in [0.4, 0.5) is 0 Å². The zero-order valence-corrected chi connectivity index (χ0v) is 10.0. The van der Waals surface area contributed by atoms with Crippen LogP contribution in [-0.2, 0) is 0 Å². The van der Waals surface area contributed by atoms with E-state index in [2.05, 4.69) is 62.1 Å². The van der Waals surface area contributed by atoms with Gasteiger partial charge in [0, 0.05) is 23.5 Å². The highest BCUT2D eigenvalue weighted by atomic mass is 127. The number of thiophene rings is 1. The molecule has 0 radical (unpaired) electrons. The van der Waals surface area contributed by atoms with E-state index in [0.29, 0.717) is 0 Å². The second kappa shape index (κ2) is 3.03. The van der Waals surface area contributed by atoms with Gasteiger partial charge < -0.3 is 0 Å². The van der Waals surface area contributed by atoms with Gasteiger partial charge in [-0.05, 0) is 34.7 Å². The molecule has 0 amide bonds. The Kier molecular flexibility index (Phi) is 2.21. The summed E-state index contributed by atoms with van der Waals surface area (Å²) in [5.74, 6) is 0. The number of fused-ring (bicyclic) bond motifs is 1. The lowest BCUT2D eigenvalue weighted by Crippen LogP contribution is -1.66. The van der Waals surface area contributed by atoms with E-state index in [1.54, 1.807) is 11.3 Å². The third kappa shape index (κ3) is 1.46. The average molecular weight is 339 g/mol. The molecule has 1 aromatic heterocycles. The summed E-state index contributed by atoms with van der Waals surface area (Å²) in [7, 11) is 0. The van der Waals surface area contributed by atoms with E-state index < -0.39 is 0 Å². The lowest BCUT2D eigenvalue weighted by Gasteiger charge is -1.90. The van der Waals surface area contributed by atoms with E-state index in [1.165, 1.54) is 13.7 Å². The first-order valence-electron chi connectivity index (χ1n) is 3.09. The maximum absolute atomic E-state index is 3.45. The van der Waals surface area contributed by atoms with E-state index in [-0.39, 0.29) is 0 Å². The molecule has 0 aliphatic carbocycles. The van der Waals surface area contributed by atoms with Crippen molar-refractivity contribution >= 4 is 59.9 Å². The van der Waals surface area contributed by atoms with Gasteiger partial charge in [-0.25, -0.2) is 0 Å². The minimum Gasteiger partial charge on any atom is -0.143 e. The van der Waals surface area contributed by atoms with Gasteiger partial charge in [-0.15, -0.1) is 11.3 Å². The summed E-state index contributed by atoms with van der Waals surface area (Å²) in [4.78, 5) is 0. The minimum absolute atomic E-state index is 1.16. The van der Waals surface area contributed by atoms with Crippen molar-refractivity contribution < 1.29 is 0 Å². The van der Waals surface area contributed by atoms with Gasteiger partial charge in [0.15, 0.2) is 0 Å². The number of halogens is 2. The average Bonchev–Trinajstić information content (AvgIpc) is 2.32. The van der Waals surface area contributed by atoms with Crippen LogP contribution in [0.3, 0.4) is 0 Å². The van der Waals surface area contributed by atoms with Gasteiger partial charge in [0.05, 0.1) is 0 Å². The summed E-state index contributed by atoms with van der Waals surface area (Å²) in [5, 5.41) is 3.54. The van der Waals surface area contributed by atoms with Crippen molar-refractivity contribution in [2.45, 2.75) is 0 Å². The third-order valence-corrected chi connectivity index (χ3v) is 4.24. The maximum Gasteiger partial charge on any atom is 0.0364 e. The van der Waals surface area contributed by atoms with Crippen LogP contribution in [0.1, 0.15) is 0 Å². The quantitative estimate of drug-likeness (QED) is 0.629. The Morgan fingerprint density at radius 1 is 1.36 bits per heavy atom. The van der Waals surface area contributed by atoms with Gasteiger partial charge in [0.25, 0.3) is 0 Å². The number of benzene rings is 1. The second-order valence-electron chi connectivity index (χ2n) is 2.22. The SMILES string of the molecule is Brc1ccc2c(I)csc2c1. The topological polar surface area (TPSA) is 0 Å². The Morgan fingerprint density at radius 3 is 3.00 bits per heavy atom. The predicted octanol–water partition coefficient (Wildman–Crippen LogP) is 4.27. The molecule has 0 bridgehead atoms. The van der Waals surface area contributed by atoms with Crippen LogP contribution in [0, 0.1) is 3.57 Å². The van der Waals surface area contributed by atoms with E-state index in [4.69, 9.17) is 0 Å². The maximum atomic E-state index is 3.45. The lowest BCUT2D eigenvalue weighted by atomic mass is 10.3. The van der Waals surface area contributed by atoms with Crippen LogP contribution >= 0.6 is 49.9 Å². The van der Waals surface area contributed by atoms with E-state index in [1.807, 2.05) is 0 Å². The van der Waals surface area contributed by atoms with Gasteiger partial charge in [0.2, 0.25) is 0 Å². The minimum atomic E-state index is 1.16. The van der Waals surface area contributed by atoms with Crippen molar-refractivity contribution in [1.29, 1.82) is 0 Å². The van der Waals surface area contributed by atoms with Crippen molar-refractivity contribution in [3.63, 3.8) is 0 Å². The fourth-order valence-corrected chi connectivity index (χ4v) is 3.37. The van der Waals surface area contributed by atoms with Gasteiger partial charge in [-0.3, -0.25) is 0 Å². The molecule has 0 atom stereocenters. The summed E-state index contributed by atoms with van der Waals surface area (Å²) in [6.07, 6.45) is 0. The highest BCUT2D eigenvalue weighted by molar-refractivity contribution is 14.1. The van der Waals surface area contributed by atoms with Crippen molar-refractivity contribution in [3.05, 3.63) is 31.6 Å². The summed E-state index contributed by atoms with van der Waals surface area (Å²) >= 11 is 7.60. The molecule has 0 saturated heterocycles. The molecule has 0 aliphatic rings. The molecule has 0 fully saturated rings. The zero-order valence-electron chi connectivity index (χ0n) is 5.47. The van der Waals surface area contributed by atoms with Crippen LogP contribution in [-0.4, -0.2) is 0 Å². The molecule has 0 spiro atoms. The van der Waals surface area contributed by atoms with Crippen LogP contribution in [0.15, 0.2) is 28.1 Å². The molecule has 0 nitrogen and oxygen atoms in total. The number of hydrogen-bond donors (Lipinski definition) is 0. The molecule has 2 rings (SSSR count). The molecule has 11 heavy (non-hydrogen) atoms. The van der Waals surface area contributed by atoms with E-state index >= 15 is 0 Å². The summed E-state index contributed by atoms with van der Waals surface area (Å²) in [6, 6.07) is 6.39. The molecule has 56 valence electrons. The highest BCUT2D eigenvalue weighted by Gasteiger charge is 1.99. The largest absolute Gasteiger partial charge is 0.143 e. The highest BCUT2D eigenvalue weighted by Crippen LogP contribution is 2.29. The molecule has 2 aromatic rings. The van der Waals surface area contributed by atoms with E-state index in [0.717, 1.165) is 4.47 Å². The van der Waals surface area contributed by atoms with Gasteiger partial charge in [-0.2, -0.15) is 0 Å². The smallest absolute Gasteiger partial charge is 0.0364 e. The molecule has 0 unspecified atom stereocenters. The molecule has 3 heteroatoms. The predicted molar refractivity (Wildman–Crippen MR) is 62.2 cm³/mol. The standard InChI is InChI=1S/C8H4BrIS/c9-5-1-2-6-7(10)4-11-8(6)3-5/h1-4H. The number of hydrogen-bond acceptors (Lipinski definition) is 1. The first-order chi connectivity index (χ1) is 5.27. The monoisotopic (exact) mass is 338 g/mol. The van der Waals surface area contributed by atoms with Gasteiger partial charge in [-0.1, -0.05) is 22.0 Å². The Labute approximate surface area is 90.9 Å².